The number of carbonyl (C=O) groups is 3. The van der Waals surface area contributed by atoms with Crippen LogP contribution in [0.15, 0.2) is 29.4 Å². The lowest BCUT2D eigenvalue weighted by Crippen LogP contribution is -2.41. The third-order valence-electron chi connectivity index (χ3n) is 6.27. The van der Waals surface area contributed by atoms with Crippen molar-refractivity contribution in [3.8, 4) is 17.2 Å². The Hall–Kier alpha value is -4.15. The first kappa shape index (κ1) is 23.0. The first-order valence-electron chi connectivity index (χ1n) is 10.6. The number of benzene rings is 1. The zero-order chi connectivity index (χ0) is 24.9. The van der Waals surface area contributed by atoms with E-state index in [2.05, 4.69) is 20.7 Å². The van der Waals surface area contributed by atoms with E-state index >= 15 is 0 Å². The Labute approximate surface area is 195 Å². The molecule has 1 aliphatic heterocycles. The zero-order valence-corrected chi connectivity index (χ0v) is 19.4. The van der Waals surface area contributed by atoms with Crippen molar-refractivity contribution in [1.29, 1.82) is 0 Å². The molecule has 1 unspecified atom stereocenters. The molecule has 4 rings (SSSR count). The van der Waals surface area contributed by atoms with Gasteiger partial charge in [0.15, 0.2) is 17.3 Å². The number of ether oxygens (including phenoxy) is 1. The summed E-state index contributed by atoms with van der Waals surface area (Å²) in [6, 6.07) is 0. The van der Waals surface area contributed by atoms with Crippen molar-refractivity contribution in [3.63, 3.8) is 0 Å². The van der Waals surface area contributed by atoms with E-state index in [4.69, 9.17) is 4.74 Å². The van der Waals surface area contributed by atoms with E-state index in [1.165, 1.54) is 33.2 Å². The predicted molar refractivity (Wildman–Crippen MR) is 121 cm³/mol. The standard InChI is InChI=1S/C23H25N5O6/c1-10-18(31)16(12(3)29)20-17(19(10)32)23(4)14(34-20)8-13(30)15(21(23)33)11(2)24-6-7-25-22-26-9-27-28(22)5/h8-9,24,31-32H,6-7H2,1-5H3,(H,25,26,27). The summed E-state index contributed by atoms with van der Waals surface area (Å²) in [5.41, 5.74) is -1.28. The second-order valence-corrected chi connectivity index (χ2v) is 8.45. The van der Waals surface area contributed by atoms with E-state index in [1.54, 1.807) is 18.7 Å². The lowest BCUT2D eigenvalue weighted by molar-refractivity contribution is -0.123. The molecule has 1 aromatic heterocycles. The molecule has 0 saturated heterocycles. The number of allylic oxidation sites excluding steroid dienone is 4. The molecule has 0 fully saturated rings. The van der Waals surface area contributed by atoms with E-state index < -0.39 is 28.5 Å². The maximum atomic E-state index is 13.7. The minimum absolute atomic E-state index is 0.000740. The van der Waals surface area contributed by atoms with E-state index in [1.807, 2.05) is 0 Å². The molecule has 0 bridgehead atoms. The van der Waals surface area contributed by atoms with Crippen LogP contribution in [0, 0.1) is 6.92 Å². The maximum absolute atomic E-state index is 13.7. The topological polar surface area (TPSA) is 156 Å². The molecule has 11 nitrogen and oxygen atoms in total. The van der Waals surface area contributed by atoms with Crippen LogP contribution < -0.4 is 15.4 Å². The average Bonchev–Trinajstić information content (AvgIpc) is 3.30. The van der Waals surface area contributed by atoms with Crippen LogP contribution in [0.2, 0.25) is 0 Å². The first-order chi connectivity index (χ1) is 16.0. The van der Waals surface area contributed by atoms with E-state index in [0.717, 1.165) is 0 Å². The number of phenols is 2. The number of phenolic OH excluding ortho intramolecular Hbond substituents is 2. The largest absolute Gasteiger partial charge is 0.507 e. The highest BCUT2D eigenvalue weighted by Crippen LogP contribution is 2.57. The highest BCUT2D eigenvalue weighted by Gasteiger charge is 2.56. The minimum atomic E-state index is -1.54. The van der Waals surface area contributed by atoms with Crippen LogP contribution in [0.4, 0.5) is 5.95 Å². The fraction of sp³-hybridized carbons (Fsp3) is 0.348. The number of aromatic nitrogens is 3. The van der Waals surface area contributed by atoms with Crippen molar-refractivity contribution in [2.45, 2.75) is 33.1 Å². The van der Waals surface area contributed by atoms with Crippen LogP contribution in [0.3, 0.4) is 0 Å². The normalized spacial score (nSPS) is 20.3. The molecular formula is C23H25N5O6. The van der Waals surface area contributed by atoms with Crippen molar-refractivity contribution in [1.82, 2.24) is 20.1 Å². The number of carbonyl (C=O) groups excluding carboxylic acids is 3. The Balaban J connectivity index is 1.69. The summed E-state index contributed by atoms with van der Waals surface area (Å²) in [5.74, 6) is -1.94. The number of aryl methyl sites for hydroxylation is 1. The van der Waals surface area contributed by atoms with Crippen LogP contribution in [0.1, 0.15) is 42.3 Å². The summed E-state index contributed by atoms with van der Waals surface area (Å²) < 4.78 is 7.33. The first-order valence-corrected chi connectivity index (χ1v) is 10.6. The van der Waals surface area contributed by atoms with Gasteiger partial charge in [-0.15, -0.1) is 0 Å². The predicted octanol–water partition coefficient (Wildman–Crippen LogP) is 1.40. The van der Waals surface area contributed by atoms with Gasteiger partial charge in [0.05, 0.1) is 11.1 Å². The van der Waals surface area contributed by atoms with Crippen LogP contribution in [0.5, 0.6) is 17.2 Å². The van der Waals surface area contributed by atoms with Gasteiger partial charge in [-0.05, 0) is 27.7 Å². The molecule has 2 aromatic rings. The van der Waals surface area contributed by atoms with Gasteiger partial charge in [-0.25, -0.2) is 4.68 Å². The third kappa shape index (κ3) is 3.23. The van der Waals surface area contributed by atoms with Crippen molar-refractivity contribution in [3.05, 3.63) is 46.1 Å². The Kier molecular flexibility index (Phi) is 5.42. The number of hydrogen-bond acceptors (Lipinski definition) is 10. The molecule has 11 heteroatoms. The van der Waals surface area contributed by atoms with E-state index in [0.29, 0.717) is 24.7 Å². The number of nitrogens with one attached hydrogen (secondary N) is 2. The number of rotatable bonds is 6. The quantitative estimate of drug-likeness (QED) is 0.212. The highest BCUT2D eigenvalue weighted by atomic mass is 16.5. The second kappa shape index (κ2) is 8.01. The average molecular weight is 467 g/mol. The fourth-order valence-corrected chi connectivity index (χ4v) is 4.33. The smallest absolute Gasteiger partial charge is 0.220 e. The van der Waals surface area contributed by atoms with Gasteiger partial charge in [0.25, 0.3) is 0 Å². The van der Waals surface area contributed by atoms with Gasteiger partial charge in [-0.2, -0.15) is 10.1 Å². The molecule has 0 amide bonds. The highest BCUT2D eigenvalue weighted by molar-refractivity contribution is 6.31. The number of ketones is 3. The molecule has 1 atom stereocenters. The Morgan fingerprint density at radius 2 is 1.91 bits per heavy atom. The van der Waals surface area contributed by atoms with Gasteiger partial charge in [0, 0.05) is 37.5 Å². The number of Topliss-reactive ketones (excluding diaryl/α,β-unsaturated/α-hetero) is 2. The van der Waals surface area contributed by atoms with Crippen molar-refractivity contribution in [2.24, 2.45) is 7.05 Å². The molecule has 2 aliphatic rings. The van der Waals surface area contributed by atoms with Crippen molar-refractivity contribution >= 4 is 23.3 Å². The summed E-state index contributed by atoms with van der Waals surface area (Å²) in [7, 11) is 1.75. The molecule has 0 radical (unpaired) electrons. The van der Waals surface area contributed by atoms with Crippen LogP contribution in [-0.2, 0) is 22.1 Å². The van der Waals surface area contributed by atoms with Gasteiger partial charge in [0.2, 0.25) is 5.95 Å². The van der Waals surface area contributed by atoms with Crippen LogP contribution in [0.25, 0.3) is 0 Å². The number of fused-ring (bicyclic) bond motifs is 3. The molecule has 4 N–H and O–H groups in total. The summed E-state index contributed by atoms with van der Waals surface area (Å²) in [5, 5.41) is 31.4. The van der Waals surface area contributed by atoms with E-state index in [-0.39, 0.29) is 39.5 Å². The van der Waals surface area contributed by atoms with Gasteiger partial charge in [0.1, 0.15) is 40.3 Å². The van der Waals surface area contributed by atoms with Gasteiger partial charge < -0.3 is 25.6 Å². The fourth-order valence-electron chi connectivity index (χ4n) is 4.33. The van der Waals surface area contributed by atoms with Crippen molar-refractivity contribution < 1.29 is 29.3 Å². The molecule has 34 heavy (non-hydrogen) atoms. The SMILES string of the molecule is CC(=O)c1c(O)c(C)c(O)c2c1OC1=CC(=O)C(=C(C)NCCNc3ncnn3C)C(=O)C12C. The molecule has 0 spiro atoms. The second-order valence-electron chi connectivity index (χ2n) is 8.45. The summed E-state index contributed by atoms with van der Waals surface area (Å²) >= 11 is 0. The monoisotopic (exact) mass is 467 g/mol. The number of aromatic hydroxyl groups is 2. The zero-order valence-electron chi connectivity index (χ0n) is 19.4. The lowest BCUT2D eigenvalue weighted by Gasteiger charge is -2.29. The Morgan fingerprint density at radius 1 is 1.21 bits per heavy atom. The Bertz CT molecular complexity index is 1320. The molecule has 1 aliphatic carbocycles. The molecule has 1 aromatic carbocycles. The lowest BCUT2D eigenvalue weighted by atomic mass is 9.70. The summed E-state index contributed by atoms with van der Waals surface area (Å²) in [4.78, 5) is 42.9. The van der Waals surface area contributed by atoms with Gasteiger partial charge in [-0.3, -0.25) is 14.4 Å². The summed E-state index contributed by atoms with van der Waals surface area (Å²) in [6.07, 6.45) is 2.61. The Morgan fingerprint density at radius 3 is 2.53 bits per heavy atom. The minimum Gasteiger partial charge on any atom is -0.507 e. The molecule has 178 valence electrons. The number of nitrogens with zero attached hydrogens (tertiary/aromatic N) is 3. The number of hydrogen-bond donors (Lipinski definition) is 4. The molecule has 2 heterocycles. The van der Waals surface area contributed by atoms with E-state index in [9.17, 15) is 24.6 Å². The van der Waals surface area contributed by atoms with Crippen LogP contribution in [-0.4, -0.2) is 55.4 Å². The van der Waals surface area contributed by atoms with Gasteiger partial charge in [-0.1, -0.05) is 0 Å². The molecular weight excluding hydrogens is 442 g/mol. The van der Waals surface area contributed by atoms with Gasteiger partial charge >= 0.3 is 0 Å². The third-order valence-corrected chi connectivity index (χ3v) is 6.27. The summed E-state index contributed by atoms with van der Waals surface area (Å²) in [6.45, 7) is 6.67. The molecule has 0 saturated carbocycles. The maximum Gasteiger partial charge on any atom is 0.220 e. The number of anilines is 1. The van der Waals surface area contributed by atoms with Crippen LogP contribution >= 0.6 is 0 Å². The van der Waals surface area contributed by atoms with Crippen molar-refractivity contribution in [2.75, 3.05) is 18.4 Å².